The van der Waals surface area contributed by atoms with E-state index < -0.39 is 5.69 Å². The van der Waals surface area contributed by atoms with Crippen molar-refractivity contribution in [2.45, 2.75) is 39.8 Å². The molecular weight excluding hydrogens is 308 g/mol. The predicted molar refractivity (Wildman–Crippen MR) is 88.8 cm³/mol. The highest BCUT2D eigenvalue weighted by atomic mass is 16.2. The minimum atomic E-state index is -0.469. The normalized spacial score (nSPS) is 40.3. The molecule has 1 aromatic rings. The van der Waals surface area contributed by atoms with Crippen molar-refractivity contribution in [2.75, 3.05) is 26.2 Å². The van der Waals surface area contributed by atoms with Crippen molar-refractivity contribution in [2.24, 2.45) is 10.8 Å². The molecule has 4 aliphatic rings. The molecule has 2 N–H and O–H groups in total. The number of piperidine rings is 2. The van der Waals surface area contributed by atoms with Crippen LogP contribution in [0.5, 0.6) is 0 Å². The van der Waals surface area contributed by atoms with Crippen molar-refractivity contribution in [1.82, 2.24) is 19.8 Å². The van der Waals surface area contributed by atoms with Gasteiger partial charge in [0.05, 0.1) is 16.5 Å². The van der Waals surface area contributed by atoms with Crippen molar-refractivity contribution in [1.29, 1.82) is 0 Å². The van der Waals surface area contributed by atoms with Gasteiger partial charge in [0.1, 0.15) is 11.9 Å². The number of hydrogen-bond donors (Lipinski definition) is 2. The molecule has 4 saturated heterocycles. The highest BCUT2D eigenvalue weighted by Gasteiger charge is 2.64. The highest BCUT2D eigenvalue weighted by molar-refractivity contribution is 5.93. The van der Waals surface area contributed by atoms with Gasteiger partial charge in [-0.1, -0.05) is 13.8 Å². The average molecular weight is 332 g/mol. The van der Waals surface area contributed by atoms with Crippen LogP contribution >= 0.6 is 0 Å². The van der Waals surface area contributed by atoms with Gasteiger partial charge in [-0.2, -0.15) is 0 Å². The number of aromatic amines is 2. The molecule has 4 bridgehead atoms. The van der Waals surface area contributed by atoms with E-state index in [4.69, 9.17) is 0 Å². The van der Waals surface area contributed by atoms with E-state index in [1.54, 1.807) is 6.92 Å². The first kappa shape index (κ1) is 15.8. The van der Waals surface area contributed by atoms with Crippen LogP contribution in [-0.2, 0) is 4.79 Å². The number of ketones is 1. The molecule has 0 amide bonds. The molecule has 5 rings (SSSR count). The molecule has 4 fully saturated rings. The molecule has 0 unspecified atom stereocenters. The van der Waals surface area contributed by atoms with Gasteiger partial charge in [-0.05, 0) is 19.8 Å². The second kappa shape index (κ2) is 4.89. The molecular formula is C17H24N4O3. The molecule has 0 atom stereocenters. The van der Waals surface area contributed by atoms with E-state index in [2.05, 4.69) is 33.6 Å². The van der Waals surface area contributed by atoms with Crippen LogP contribution in [0.15, 0.2) is 9.59 Å². The zero-order chi connectivity index (χ0) is 17.3. The lowest BCUT2D eigenvalue weighted by atomic mass is 9.58. The Hall–Kier alpha value is -1.73. The van der Waals surface area contributed by atoms with Crippen LogP contribution in [0.25, 0.3) is 0 Å². The van der Waals surface area contributed by atoms with Crippen LogP contribution in [0.4, 0.5) is 0 Å². The molecule has 0 saturated carbocycles. The van der Waals surface area contributed by atoms with Crippen LogP contribution in [0.3, 0.4) is 0 Å². The zero-order valence-electron chi connectivity index (χ0n) is 14.4. The van der Waals surface area contributed by atoms with Crippen LogP contribution in [0.2, 0.25) is 0 Å². The molecule has 1 aromatic heterocycles. The molecule has 4 aliphatic heterocycles. The SMILES string of the molecule is CCC12CN3CC(CC)(CN(C1)C3c1[nH]c(=O)[nH]c(=O)c1C)C2=O. The summed E-state index contributed by atoms with van der Waals surface area (Å²) in [7, 11) is 0. The third-order valence-corrected chi connectivity index (χ3v) is 6.51. The van der Waals surface area contributed by atoms with Crippen LogP contribution < -0.4 is 11.2 Å². The molecule has 0 spiro atoms. The molecule has 0 aliphatic carbocycles. The van der Waals surface area contributed by atoms with Gasteiger partial charge in [0.25, 0.3) is 5.56 Å². The summed E-state index contributed by atoms with van der Waals surface area (Å²) in [6, 6.07) is 0. The number of carbonyl (C=O) groups is 1. The maximum atomic E-state index is 13.1. The molecule has 7 heteroatoms. The number of hydrogen-bond acceptors (Lipinski definition) is 5. The number of Topliss-reactive ketones (excluding diaryl/α,β-unsaturated/α-hetero) is 1. The quantitative estimate of drug-likeness (QED) is 0.835. The van der Waals surface area contributed by atoms with Crippen LogP contribution in [0, 0.1) is 17.8 Å². The Bertz CT molecular complexity index is 782. The van der Waals surface area contributed by atoms with Gasteiger partial charge in [0.2, 0.25) is 0 Å². The van der Waals surface area contributed by atoms with E-state index in [1.807, 2.05) is 0 Å². The van der Waals surface area contributed by atoms with Gasteiger partial charge in [0, 0.05) is 31.7 Å². The summed E-state index contributed by atoms with van der Waals surface area (Å²) < 4.78 is 0. The first-order valence-corrected chi connectivity index (χ1v) is 8.72. The Balaban J connectivity index is 1.83. The Morgan fingerprint density at radius 3 is 1.92 bits per heavy atom. The van der Waals surface area contributed by atoms with Crippen LogP contribution in [0.1, 0.15) is 44.1 Å². The Morgan fingerprint density at radius 2 is 1.46 bits per heavy atom. The van der Waals surface area contributed by atoms with Crippen molar-refractivity contribution in [3.05, 3.63) is 32.1 Å². The lowest BCUT2D eigenvalue weighted by Crippen LogP contribution is -2.76. The van der Waals surface area contributed by atoms with Gasteiger partial charge in [-0.3, -0.25) is 24.4 Å². The van der Waals surface area contributed by atoms with Crippen LogP contribution in [-0.4, -0.2) is 51.7 Å². The van der Waals surface area contributed by atoms with Gasteiger partial charge in [-0.25, -0.2) is 4.79 Å². The average Bonchev–Trinajstić information content (AvgIpc) is 2.55. The summed E-state index contributed by atoms with van der Waals surface area (Å²) >= 11 is 0. The lowest BCUT2D eigenvalue weighted by Gasteiger charge is -2.66. The van der Waals surface area contributed by atoms with Crippen molar-refractivity contribution in [3.63, 3.8) is 0 Å². The standard InChI is InChI=1S/C17H24N4O3/c1-4-16-6-20-8-17(5-2,14(16)23)9-21(7-16)13(20)11-10(3)12(22)19-15(24)18-11/h13H,4-9H2,1-3H3,(H2,18,19,22,24). The van der Waals surface area contributed by atoms with Gasteiger partial charge >= 0.3 is 5.69 Å². The highest BCUT2D eigenvalue weighted by Crippen LogP contribution is 2.54. The maximum Gasteiger partial charge on any atom is 0.326 e. The van der Waals surface area contributed by atoms with E-state index in [-0.39, 0.29) is 22.6 Å². The third kappa shape index (κ3) is 1.82. The van der Waals surface area contributed by atoms with E-state index in [0.29, 0.717) is 43.2 Å². The summed E-state index contributed by atoms with van der Waals surface area (Å²) in [4.78, 5) is 46.6. The number of carbonyl (C=O) groups excluding carboxylic acids is 1. The van der Waals surface area contributed by atoms with E-state index in [1.165, 1.54) is 0 Å². The fourth-order valence-electron chi connectivity index (χ4n) is 5.15. The van der Waals surface area contributed by atoms with E-state index in [0.717, 1.165) is 12.8 Å². The monoisotopic (exact) mass is 332 g/mol. The Morgan fingerprint density at radius 1 is 0.958 bits per heavy atom. The van der Waals surface area contributed by atoms with Crippen molar-refractivity contribution < 1.29 is 4.79 Å². The fourth-order valence-corrected chi connectivity index (χ4v) is 5.15. The second-order valence-corrected chi connectivity index (χ2v) is 7.73. The maximum absolute atomic E-state index is 13.1. The molecule has 7 nitrogen and oxygen atoms in total. The molecule has 130 valence electrons. The lowest BCUT2D eigenvalue weighted by molar-refractivity contribution is -0.205. The summed E-state index contributed by atoms with van der Waals surface area (Å²) in [5, 5.41) is 0. The number of nitrogens with zero attached hydrogens (tertiary/aromatic N) is 2. The summed E-state index contributed by atoms with van der Waals surface area (Å²) in [6.07, 6.45) is 1.54. The minimum absolute atomic E-state index is 0.118. The Kier molecular flexibility index (Phi) is 3.22. The molecule has 24 heavy (non-hydrogen) atoms. The Labute approximate surface area is 140 Å². The molecule has 0 aromatic carbocycles. The third-order valence-electron chi connectivity index (χ3n) is 6.51. The minimum Gasteiger partial charge on any atom is -0.308 e. The van der Waals surface area contributed by atoms with E-state index >= 15 is 0 Å². The van der Waals surface area contributed by atoms with E-state index in [9.17, 15) is 14.4 Å². The first-order chi connectivity index (χ1) is 11.4. The summed E-state index contributed by atoms with van der Waals surface area (Å²) in [6.45, 7) is 8.75. The number of H-pyrrole nitrogens is 2. The summed E-state index contributed by atoms with van der Waals surface area (Å²) in [5.74, 6) is 0.419. The number of nitrogens with one attached hydrogen (secondary N) is 2. The number of aromatic nitrogens is 2. The largest absolute Gasteiger partial charge is 0.326 e. The first-order valence-electron chi connectivity index (χ1n) is 8.72. The number of rotatable bonds is 3. The van der Waals surface area contributed by atoms with Gasteiger partial charge in [-0.15, -0.1) is 0 Å². The smallest absolute Gasteiger partial charge is 0.308 e. The fraction of sp³-hybridized carbons (Fsp3) is 0.706. The van der Waals surface area contributed by atoms with Crippen molar-refractivity contribution >= 4 is 5.78 Å². The van der Waals surface area contributed by atoms with Gasteiger partial charge < -0.3 is 4.98 Å². The van der Waals surface area contributed by atoms with Crippen molar-refractivity contribution in [3.8, 4) is 0 Å². The van der Waals surface area contributed by atoms with Gasteiger partial charge in [0.15, 0.2) is 0 Å². The summed E-state index contributed by atoms with van der Waals surface area (Å²) in [5.41, 5.74) is -0.196. The molecule has 5 heterocycles. The second-order valence-electron chi connectivity index (χ2n) is 7.73. The zero-order valence-corrected chi connectivity index (χ0v) is 14.4. The molecule has 0 radical (unpaired) electrons. The predicted octanol–water partition coefficient (Wildman–Crippen LogP) is 0.377. The topological polar surface area (TPSA) is 89.3 Å².